The molecule has 1 heterocycles. The molecule has 0 N–H and O–H groups in total. The van der Waals surface area contributed by atoms with Gasteiger partial charge in [-0.3, -0.25) is 4.79 Å². The van der Waals surface area contributed by atoms with E-state index in [0.717, 1.165) is 10.1 Å². The molecular formula is C23H21BrO5S. The van der Waals surface area contributed by atoms with Gasteiger partial charge < -0.3 is 9.47 Å². The molecule has 0 spiro atoms. The number of halogens is 1. The maximum atomic E-state index is 13.4. The minimum absolute atomic E-state index is 0.0576. The molecule has 5 nitrogen and oxygen atoms in total. The van der Waals surface area contributed by atoms with Crippen molar-refractivity contribution < 1.29 is 23.9 Å². The second-order valence-corrected chi connectivity index (χ2v) is 9.00. The summed E-state index contributed by atoms with van der Waals surface area (Å²) < 4.78 is 9.44. The first-order valence-electron chi connectivity index (χ1n) is 9.55. The van der Waals surface area contributed by atoms with Crippen molar-refractivity contribution in [1.82, 2.24) is 0 Å². The van der Waals surface area contributed by atoms with Crippen molar-refractivity contribution in [3.8, 4) is 0 Å². The van der Waals surface area contributed by atoms with Crippen LogP contribution in [0.1, 0.15) is 34.6 Å². The van der Waals surface area contributed by atoms with Gasteiger partial charge in [0.2, 0.25) is 4.32 Å². The van der Waals surface area contributed by atoms with Gasteiger partial charge in [-0.25, -0.2) is 9.59 Å². The number of benzene rings is 2. The van der Waals surface area contributed by atoms with E-state index in [-0.39, 0.29) is 25.4 Å². The van der Waals surface area contributed by atoms with Gasteiger partial charge >= 0.3 is 11.9 Å². The van der Waals surface area contributed by atoms with Crippen LogP contribution in [0.4, 0.5) is 0 Å². The number of esters is 2. The van der Waals surface area contributed by atoms with Gasteiger partial charge in [0.1, 0.15) is 0 Å². The van der Waals surface area contributed by atoms with E-state index >= 15 is 0 Å². The number of thiophene rings is 1. The molecule has 156 valence electrons. The van der Waals surface area contributed by atoms with Crippen molar-refractivity contribution in [2.75, 3.05) is 13.2 Å². The lowest BCUT2D eigenvalue weighted by atomic mass is 9.95. The Labute approximate surface area is 187 Å². The Morgan fingerprint density at radius 1 is 0.900 bits per heavy atom. The summed E-state index contributed by atoms with van der Waals surface area (Å²) in [4.78, 5) is 39.4. The monoisotopic (exact) mass is 488 g/mol. The lowest BCUT2D eigenvalue weighted by molar-refractivity contribution is -0.158. The Balaban J connectivity index is 2.13. The van der Waals surface area contributed by atoms with E-state index in [0.29, 0.717) is 16.0 Å². The predicted molar refractivity (Wildman–Crippen MR) is 120 cm³/mol. The molecule has 0 radical (unpaired) electrons. The molecule has 0 saturated heterocycles. The largest absolute Gasteiger partial charge is 0.464 e. The molecule has 3 rings (SSSR count). The average molecular weight is 489 g/mol. The molecule has 3 aromatic rings. The Bertz CT molecular complexity index is 1060. The zero-order valence-corrected chi connectivity index (χ0v) is 19.0. The number of hydrogen-bond acceptors (Lipinski definition) is 6. The summed E-state index contributed by atoms with van der Waals surface area (Å²) in [5, 5.41) is 0.786. The third-order valence-electron chi connectivity index (χ3n) is 4.53. The van der Waals surface area contributed by atoms with E-state index in [4.69, 9.17) is 9.47 Å². The van der Waals surface area contributed by atoms with Gasteiger partial charge in [0.25, 0.3) is 0 Å². The molecule has 0 amide bonds. The summed E-state index contributed by atoms with van der Waals surface area (Å²) in [6, 6.07) is 16.5. The van der Waals surface area contributed by atoms with Crippen LogP contribution in [-0.2, 0) is 25.5 Å². The molecule has 1 aromatic heterocycles. The predicted octanol–water partition coefficient (Wildman–Crippen LogP) is 4.93. The fourth-order valence-corrected chi connectivity index (χ4v) is 5.12. The highest BCUT2D eigenvalue weighted by Crippen LogP contribution is 2.38. The van der Waals surface area contributed by atoms with Crippen LogP contribution in [0, 0.1) is 0 Å². The summed E-state index contributed by atoms with van der Waals surface area (Å²) in [5.74, 6) is -1.64. The van der Waals surface area contributed by atoms with Gasteiger partial charge in [0.05, 0.1) is 13.2 Å². The standard InChI is InChI=1S/C23H21BrO5S/c1-3-28-21(26)23(24,22(27)29-4-2)14-18-19(16-12-8-9-13-17(16)30-18)20(25)15-10-6-5-7-11-15/h5-13H,3-4,14H2,1-2H3. The van der Waals surface area contributed by atoms with Gasteiger partial charge in [-0.1, -0.05) is 64.5 Å². The normalized spacial score (nSPS) is 11.3. The summed E-state index contributed by atoms with van der Waals surface area (Å²) in [7, 11) is 0. The van der Waals surface area contributed by atoms with Crippen LogP contribution >= 0.6 is 27.3 Å². The Hall–Kier alpha value is -2.51. The van der Waals surface area contributed by atoms with E-state index in [2.05, 4.69) is 15.9 Å². The molecule has 0 aliphatic heterocycles. The Morgan fingerprint density at radius 2 is 1.47 bits per heavy atom. The van der Waals surface area contributed by atoms with E-state index in [9.17, 15) is 14.4 Å². The van der Waals surface area contributed by atoms with Crippen LogP contribution in [0.25, 0.3) is 10.1 Å². The third-order valence-corrected chi connectivity index (χ3v) is 6.63. The quantitative estimate of drug-likeness (QED) is 0.194. The number of fused-ring (bicyclic) bond motifs is 1. The maximum Gasteiger partial charge on any atom is 0.334 e. The Kier molecular flexibility index (Phi) is 7.05. The Morgan fingerprint density at radius 3 is 2.07 bits per heavy atom. The van der Waals surface area contributed by atoms with Crippen molar-refractivity contribution in [2.45, 2.75) is 24.6 Å². The zero-order valence-electron chi connectivity index (χ0n) is 16.6. The molecule has 0 fully saturated rings. The SMILES string of the molecule is CCOC(=O)C(Br)(Cc1sc2ccccc2c1C(=O)c1ccccc1)C(=O)OCC. The highest BCUT2D eigenvalue weighted by atomic mass is 79.9. The molecule has 30 heavy (non-hydrogen) atoms. The molecule has 0 saturated carbocycles. The summed E-state index contributed by atoms with van der Waals surface area (Å²) in [6.07, 6.45) is -0.0576. The molecular weight excluding hydrogens is 468 g/mol. The van der Waals surface area contributed by atoms with Crippen LogP contribution in [0.3, 0.4) is 0 Å². The molecule has 0 aliphatic rings. The number of carbonyl (C=O) groups is 3. The highest BCUT2D eigenvalue weighted by molar-refractivity contribution is 9.10. The minimum atomic E-state index is -1.73. The first-order chi connectivity index (χ1) is 14.4. The van der Waals surface area contributed by atoms with Crippen LogP contribution in [-0.4, -0.2) is 35.3 Å². The van der Waals surface area contributed by atoms with Gasteiger partial charge in [0, 0.05) is 32.5 Å². The van der Waals surface area contributed by atoms with Crippen molar-refractivity contribution in [1.29, 1.82) is 0 Å². The lowest BCUT2D eigenvalue weighted by Gasteiger charge is -2.23. The molecule has 0 aliphatic carbocycles. The highest BCUT2D eigenvalue weighted by Gasteiger charge is 2.48. The van der Waals surface area contributed by atoms with Crippen molar-refractivity contribution in [2.24, 2.45) is 0 Å². The van der Waals surface area contributed by atoms with Gasteiger partial charge in [-0.2, -0.15) is 0 Å². The van der Waals surface area contributed by atoms with Gasteiger partial charge in [-0.05, 0) is 19.9 Å². The van der Waals surface area contributed by atoms with Crippen molar-refractivity contribution in [3.63, 3.8) is 0 Å². The van der Waals surface area contributed by atoms with Gasteiger partial charge in [-0.15, -0.1) is 11.3 Å². The molecule has 0 atom stereocenters. The smallest absolute Gasteiger partial charge is 0.334 e. The fourth-order valence-electron chi connectivity index (χ4n) is 3.14. The lowest BCUT2D eigenvalue weighted by Crippen LogP contribution is -2.45. The number of ether oxygens (including phenoxy) is 2. The van der Waals surface area contributed by atoms with Crippen molar-refractivity contribution >= 4 is 55.1 Å². The number of alkyl halides is 1. The van der Waals surface area contributed by atoms with Crippen LogP contribution in [0.15, 0.2) is 54.6 Å². The second kappa shape index (κ2) is 9.53. The van der Waals surface area contributed by atoms with Gasteiger partial charge in [0.15, 0.2) is 5.78 Å². The topological polar surface area (TPSA) is 69.7 Å². The molecule has 7 heteroatoms. The summed E-state index contributed by atoms with van der Waals surface area (Å²) >= 11 is 4.68. The first kappa shape index (κ1) is 22.2. The zero-order chi connectivity index (χ0) is 21.7. The maximum absolute atomic E-state index is 13.4. The van der Waals surface area contributed by atoms with Crippen molar-refractivity contribution in [3.05, 3.63) is 70.6 Å². The van der Waals surface area contributed by atoms with E-state index in [1.807, 2.05) is 30.3 Å². The number of ketones is 1. The summed E-state index contributed by atoms with van der Waals surface area (Å²) in [5.41, 5.74) is 1.02. The molecule has 0 bridgehead atoms. The first-order valence-corrected chi connectivity index (χ1v) is 11.2. The number of rotatable bonds is 8. The number of hydrogen-bond donors (Lipinski definition) is 0. The second-order valence-electron chi connectivity index (χ2n) is 6.51. The fraction of sp³-hybridized carbons (Fsp3) is 0.261. The summed E-state index contributed by atoms with van der Waals surface area (Å²) in [6.45, 7) is 3.57. The third kappa shape index (κ3) is 4.32. The minimum Gasteiger partial charge on any atom is -0.464 e. The van der Waals surface area contributed by atoms with Crippen LogP contribution < -0.4 is 0 Å². The average Bonchev–Trinajstić information content (AvgIpc) is 3.11. The molecule has 0 unspecified atom stereocenters. The number of carbonyl (C=O) groups excluding carboxylic acids is 3. The van der Waals surface area contributed by atoms with E-state index in [1.165, 1.54) is 11.3 Å². The van der Waals surface area contributed by atoms with Crippen LogP contribution in [0.5, 0.6) is 0 Å². The van der Waals surface area contributed by atoms with Crippen LogP contribution in [0.2, 0.25) is 0 Å². The molecule has 2 aromatic carbocycles. The van der Waals surface area contributed by atoms with E-state index in [1.54, 1.807) is 38.1 Å². The van der Waals surface area contributed by atoms with E-state index < -0.39 is 16.3 Å².